The fourth-order valence-corrected chi connectivity index (χ4v) is 2.70. The van der Waals surface area contributed by atoms with E-state index < -0.39 is 0 Å². The van der Waals surface area contributed by atoms with Gasteiger partial charge >= 0.3 is 0 Å². The van der Waals surface area contributed by atoms with Gasteiger partial charge in [0.1, 0.15) is 5.82 Å². The van der Waals surface area contributed by atoms with Crippen molar-refractivity contribution in [2.75, 3.05) is 31.1 Å². The molecule has 1 saturated heterocycles. The van der Waals surface area contributed by atoms with Gasteiger partial charge in [-0.3, -0.25) is 4.90 Å². The molecule has 0 spiro atoms. The van der Waals surface area contributed by atoms with E-state index in [9.17, 15) is 0 Å². The van der Waals surface area contributed by atoms with E-state index in [-0.39, 0.29) is 5.84 Å². The standard InChI is InChI=1S/C14H23N5O/c1-4-18-7-8-19(9-11(18)3)14-12(13(15)17-20)6-5-10(2)16-14/h5-6,11,20H,4,7-9H2,1-3H3,(H2,15,17). The van der Waals surface area contributed by atoms with Crippen LogP contribution in [0.5, 0.6) is 0 Å². The van der Waals surface area contributed by atoms with E-state index in [4.69, 9.17) is 10.9 Å². The number of hydrogen-bond acceptors (Lipinski definition) is 5. The summed E-state index contributed by atoms with van der Waals surface area (Å²) in [6.45, 7) is 10.2. The summed E-state index contributed by atoms with van der Waals surface area (Å²) in [5.41, 5.74) is 7.38. The topological polar surface area (TPSA) is 78.0 Å². The second-order valence-corrected chi connectivity index (χ2v) is 5.23. The molecule has 2 heterocycles. The predicted molar refractivity (Wildman–Crippen MR) is 80.4 cm³/mol. The van der Waals surface area contributed by atoms with Crippen LogP contribution in [0.25, 0.3) is 0 Å². The van der Waals surface area contributed by atoms with Gasteiger partial charge < -0.3 is 15.8 Å². The highest BCUT2D eigenvalue weighted by Gasteiger charge is 2.25. The van der Waals surface area contributed by atoms with E-state index in [0.717, 1.165) is 37.7 Å². The van der Waals surface area contributed by atoms with Crippen LogP contribution in [0.3, 0.4) is 0 Å². The Labute approximate surface area is 119 Å². The molecule has 0 aromatic carbocycles. The highest BCUT2D eigenvalue weighted by Crippen LogP contribution is 2.22. The van der Waals surface area contributed by atoms with Crippen molar-refractivity contribution in [3.63, 3.8) is 0 Å². The van der Waals surface area contributed by atoms with Gasteiger partial charge in [-0.1, -0.05) is 12.1 Å². The minimum Gasteiger partial charge on any atom is -0.409 e. The van der Waals surface area contributed by atoms with Crippen LogP contribution < -0.4 is 10.6 Å². The third-order valence-corrected chi connectivity index (χ3v) is 3.87. The maximum absolute atomic E-state index is 8.92. The third kappa shape index (κ3) is 2.85. The van der Waals surface area contributed by atoms with Gasteiger partial charge in [-0.2, -0.15) is 0 Å². The molecular formula is C14H23N5O. The molecule has 1 fully saturated rings. The maximum Gasteiger partial charge on any atom is 0.173 e. The molecule has 1 aliphatic heterocycles. The van der Waals surface area contributed by atoms with E-state index in [1.54, 1.807) is 0 Å². The van der Waals surface area contributed by atoms with Crippen LogP contribution in [-0.2, 0) is 0 Å². The fourth-order valence-electron chi connectivity index (χ4n) is 2.70. The Balaban J connectivity index is 2.30. The van der Waals surface area contributed by atoms with E-state index in [1.807, 2.05) is 19.1 Å². The zero-order chi connectivity index (χ0) is 14.7. The number of nitrogens with zero attached hydrogens (tertiary/aromatic N) is 4. The lowest BCUT2D eigenvalue weighted by Crippen LogP contribution is -2.52. The molecule has 2 rings (SSSR count). The molecule has 0 saturated carbocycles. The van der Waals surface area contributed by atoms with Crippen LogP contribution in [0, 0.1) is 6.92 Å². The first-order valence-electron chi connectivity index (χ1n) is 7.01. The number of aromatic nitrogens is 1. The second kappa shape index (κ2) is 6.09. The van der Waals surface area contributed by atoms with Gasteiger partial charge in [-0.05, 0) is 32.5 Å². The summed E-state index contributed by atoms with van der Waals surface area (Å²) in [5, 5.41) is 12.0. The number of amidine groups is 1. The first kappa shape index (κ1) is 14.6. The summed E-state index contributed by atoms with van der Waals surface area (Å²) < 4.78 is 0. The summed E-state index contributed by atoms with van der Waals surface area (Å²) in [5.74, 6) is 0.918. The first-order valence-corrected chi connectivity index (χ1v) is 7.01. The smallest absolute Gasteiger partial charge is 0.173 e. The zero-order valence-electron chi connectivity index (χ0n) is 12.4. The molecule has 6 heteroatoms. The minimum atomic E-state index is 0.109. The number of likely N-dealkylation sites (N-methyl/N-ethyl adjacent to an activating group) is 1. The lowest BCUT2D eigenvalue weighted by Gasteiger charge is -2.40. The number of oxime groups is 1. The van der Waals surface area contributed by atoms with Crippen LogP contribution in [-0.4, -0.2) is 53.1 Å². The van der Waals surface area contributed by atoms with Gasteiger partial charge in [0.05, 0.1) is 5.56 Å². The maximum atomic E-state index is 8.92. The third-order valence-electron chi connectivity index (χ3n) is 3.87. The molecule has 3 N–H and O–H groups in total. The molecule has 6 nitrogen and oxygen atoms in total. The lowest BCUT2D eigenvalue weighted by atomic mass is 10.1. The Hall–Kier alpha value is -1.82. The first-order chi connectivity index (χ1) is 9.56. The molecule has 0 radical (unpaired) electrons. The molecule has 1 aromatic heterocycles. The van der Waals surface area contributed by atoms with Crippen molar-refractivity contribution >= 4 is 11.7 Å². The van der Waals surface area contributed by atoms with E-state index in [2.05, 4.69) is 33.8 Å². The molecule has 20 heavy (non-hydrogen) atoms. The monoisotopic (exact) mass is 277 g/mol. The highest BCUT2D eigenvalue weighted by molar-refractivity contribution is 6.01. The predicted octanol–water partition coefficient (Wildman–Crippen LogP) is 1.01. The largest absolute Gasteiger partial charge is 0.409 e. The molecule has 1 atom stereocenters. The van der Waals surface area contributed by atoms with E-state index >= 15 is 0 Å². The number of hydrogen-bond donors (Lipinski definition) is 2. The van der Waals surface area contributed by atoms with Crippen molar-refractivity contribution in [1.29, 1.82) is 0 Å². The molecular weight excluding hydrogens is 254 g/mol. The van der Waals surface area contributed by atoms with Crippen molar-refractivity contribution in [2.45, 2.75) is 26.8 Å². The number of rotatable bonds is 3. The molecule has 1 aromatic rings. The molecule has 0 aliphatic carbocycles. The summed E-state index contributed by atoms with van der Waals surface area (Å²) in [7, 11) is 0. The van der Waals surface area contributed by atoms with Gasteiger partial charge in [-0.15, -0.1) is 0 Å². The summed E-state index contributed by atoms with van der Waals surface area (Å²) in [6.07, 6.45) is 0. The van der Waals surface area contributed by atoms with Crippen LogP contribution >= 0.6 is 0 Å². The normalized spacial score (nSPS) is 21.2. The zero-order valence-corrected chi connectivity index (χ0v) is 12.4. The Bertz CT molecular complexity index is 502. The fraction of sp³-hybridized carbons (Fsp3) is 0.571. The van der Waals surface area contributed by atoms with Crippen molar-refractivity contribution in [2.24, 2.45) is 10.9 Å². The van der Waals surface area contributed by atoms with E-state index in [0.29, 0.717) is 11.6 Å². The Morgan fingerprint density at radius 1 is 1.50 bits per heavy atom. The van der Waals surface area contributed by atoms with Crippen LogP contribution in [0.1, 0.15) is 25.1 Å². The van der Waals surface area contributed by atoms with Gasteiger partial charge in [0.2, 0.25) is 0 Å². The minimum absolute atomic E-state index is 0.109. The number of piperazine rings is 1. The van der Waals surface area contributed by atoms with Crippen LogP contribution in [0.2, 0.25) is 0 Å². The Kier molecular flexibility index (Phi) is 4.44. The Morgan fingerprint density at radius 2 is 2.25 bits per heavy atom. The number of nitrogens with two attached hydrogens (primary N) is 1. The number of aryl methyl sites for hydroxylation is 1. The molecule has 110 valence electrons. The lowest BCUT2D eigenvalue weighted by molar-refractivity contribution is 0.199. The van der Waals surface area contributed by atoms with Crippen LogP contribution in [0.15, 0.2) is 17.3 Å². The average molecular weight is 277 g/mol. The number of anilines is 1. The highest BCUT2D eigenvalue weighted by atomic mass is 16.4. The van der Waals surface area contributed by atoms with Crippen molar-refractivity contribution in [1.82, 2.24) is 9.88 Å². The van der Waals surface area contributed by atoms with Gasteiger partial charge in [0.15, 0.2) is 5.84 Å². The van der Waals surface area contributed by atoms with Crippen molar-refractivity contribution < 1.29 is 5.21 Å². The van der Waals surface area contributed by atoms with Gasteiger partial charge in [-0.25, -0.2) is 4.98 Å². The molecule has 0 amide bonds. The molecule has 0 bridgehead atoms. The number of pyridine rings is 1. The quantitative estimate of drug-likeness (QED) is 0.373. The van der Waals surface area contributed by atoms with Gasteiger partial charge in [0.25, 0.3) is 0 Å². The van der Waals surface area contributed by atoms with Crippen molar-refractivity contribution in [3.8, 4) is 0 Å². The Morgan fingerprint density at radius 3 is 2.85 bits per heavy atom. The average Bonchev–Trinajstić information content (AvgIpc) is 2.46. The van der Waals surface area contributed by atoms with E-state index in [1.165, 1.54) is 0 Å². The SMILES string of the molecule is CCN1CCN(c2nc(C)ccc2C(N)=NO)CC1C. The summed E-state index contributed by atoms with van der Waals surface area (Å²) >= 11 is 0. The van der Waals surface area contributed by atoms with Crippen molar-refractivity contribution in [3.05, 3.63) is 23.4 Å². The second-order valence-electron chi connectivity index (χ2n) is 5.23. The summed E-state index contributed by atoms with van der Waals surface area (Å²) in [6, 6.07) is 4.21. The summed E-state index contributed by atoms with van der Waals surface area (Å²) in [4.78, 5) is 9.25. The van der Waals surface area contributed by atoms with Gasteiger partial charge in [0, 0.05) is 31.4 Å². The molecule has 1 aliphatic rings. The van der Waals surface area contributed by atoms with Crippen LogP contribution in [0.4, 0.5) is 5.82 Å². The molecule has 1 unspecified atom stereocenters.